The van der Waals surface area contributed by atoms with Crippen LogP contribution in [-0.4, -0.2) is 62.8 Å². The number of nitrogens with zero attached hydrogens (tertiary/aromatic N) is 7. The molecule has 7 nitrogen and oxygen atoms in total. The van der Waals surface area contributed by atoms with Crippen LogP contribution in [0.1, 0.15) is 22.6 Å². The van der Waals surface area contributed by atoms with Gasteiger partial charge in [0.2, 0.25) is 0 Å². The molecule has 0 saturated carbocycles. The number of halogens is 2. The Labute approximate surface area is 212 Å². The van der Waals surface area contributed by atoms with Gasteiger partial charge in [-0.05, 0) is 71.7 Å². The molecule has 1 fully saturated rings. The third-order valence-corrected chi connectivity index (χ3v) is 6.87. The minimum atomic E-state index is 0. The van der Waals surface area contributed by atoms with Crippen molar-refractivity contribution in [3.8, 4) is 5.69 Å². The molecule has 0 unspecified atom stereocenters. The van der Waals surface area contributed by atoms with E-state index in [4.69, 9.17) is 4.98 Å². The molecule has 0 bridgehead atoms. The summed E-state index contributed by atoms with van der Waals surface area (Å²) in [5, 5.41) is 13.4. The number of tetrazole rings is 1. The van der Waals surface area contributed by atoms with Crippen LogP contribution < -0.4 is 4.90 Å². The Morgan fingerprint density at radius 1 is 0.853 bits per heavy atom. The van der Waals surface area contributed by atoms with Crippen molar-refractivity contribution in [3.63, 3.8) is 0 Å². The van der Waals surface area contributed by atoms with Crippen molar-refractivity contribution in [2.45, 2.75) is 26.2 Å². The van der Waals surface area contributed by atoms with E-state index in [1.807, 2.05) is 4.68 Å². The summed E-state index contributed by atoms with van der Waals surface area (Å²) in [6, 6.07) is 17.4. The van der Waals surface area contributed by atoms with E-state index in [9.17, 15) is 0 Å². The Hall–Kier alpha value is -2.74. The van der Waals surface area contributed by atoms with E-state index >= 15 is 0 Å². The first-order chi connectivity index (χ1) is 15.8. The standard InChI is InChI=1S/C25H27N7.2ClH/c1-18-8-9-21-22(26-18)5-3-6-23(21)31-16-14-30(15-17-31)13-12-19-4-2-7-24-20(19)10-11-25-27-28-29-32(24)25;;/h2-9H,10-17H2,1H3;2*1H. The normalized spacial score (nSPS) is 15.3. The molecule has 0 aliphatic carbocycles. The summed E-state index contributed by atoms with van der Waals surface area (Å²) in [6.07, 6.45) is 3.00. The number of aromatic nitrogens is 5. The Kier molecular flexibility index (Phi) is 7.36. The summed E-state index contributed by atoms with van der Waals surface area (Å²) in [5.74, 6) is 0.963. The van der Waals surface area contributed by atoms with Gasteiger partial charge in [-0.2, -0.15) is 4.68 Å². The van der Waals surface area contributed by atoms with Crippen molar-refractivity contribution < 1.29 is 0 Å². The Morgan fingerprint density at radius 3 is 2.50 bits per heavy atom. The monoisotopic (exact) mass is 497 g/mol. The van der Waals surface area contributed by atoms with Crippen LogP contribution in [-0.2, 0) is 19.3 Å². The molecular weight excluding hydrogens is 469 g/mol. The van der Waals surface area contributed by atoms with Gasteiger partial charge in [-0.25, -0.2) is 0 Å². The van der Waals surface area contributed by atoms with Crippen LogP contribution in [0.2, 0.25) is 0 Å². The molecule has 34 heavy (non-hydrogen) atoms. The number of piperazine rings is 1. The summed E-state index contributed by atoms with van der Waals surface area (Å²) in [5.41, 5.74) is 7.46. The molecule has 2 aromatic carbocycles. The van der Waals surface area contributed by atoms with Gasteiger partial charge in [-0.3, -0.25) is 9.88 Å². The maximum Gasteiger partial charge on any atom is 0.157 e. The predicted octanol–water partition coefficient (Wildman–Crippen LogP) is 3.83. The zero-order valence-corrected chi connectivity index (χ0v) is 20.9. The average Bonchev–Trinajstić information content (AvgIpc) is 3.32. The molecule has 2 aliphatic heterocycles. The van der Waals surface area contributed by atoms with Crippen molar-refractivity contribution in [3.05, 3.63) is 71.2 Å². The van der Waals surface area contributed by atoms with Crippen molar-refractivity contribution >= 4 is 41.4 Å². The smallest absolute Gasteiger partial charge is 0.157 e. The lowest BCUT2D eigenvalue weighted by atomic mass is 9.95. The molecule has 0 amide bonds. The van der Waals surface area contributed by atoms with Crippen molar-refractivity contribution in [2.24, 2.45) is 0 Å². The fraction of sp³-hybridized carbons (Fsp3) is 0.360. The van der Waals surface area contributed by atoms with Crippen LogP contribution in [0.25, 0.3) is 16.6 Å². The molecule has 0 N–H and O–H groups in total. The Morgan fingerprint density at radius 2 is 1.65 bits per heavy atom. The number of hydrogen-bond acceptors (Lipinski definition) is 6. The van der Waals surface area contributed by atoms with Crippen LogP contribution in [0.4, 0.5) is 5.69 Å². The van der Waals surface area contributed by atoms with Gasteiger partial charge in [0, 0.05) is 55.9 Å². The summed E-state index contributed by atoms with van der Waals surface area (Å²) in [7, 11) is 0. The molecule has 0 spiro atoms. The molecule has 1 saturated heterocycles. The fourth-order valence-corrected chi connectivity index (χ4v) is 5.14. The number of pyridine rings is 1. The largest absolute Gasteiger partial charge is 0.368 e. The molecule has 4 heterocycles. The highest BCUT2D eigenvalue weighted by Crippen LogP contribution is 2.28. The number of benzene rings is 2. The van der Waals surface area contributed by atoms with Gasteiger partial charge in [0.1, 0.15) is 0 Å². The quantitative estimate of drug-likeness (QED) is 0.426. The lowest BCUT2D eigenvalue weighted by molar-refractivity contribution is 0.261. The molecule has 0 atom stereocenters. The van der Waals surface area contributed by atoms with Crippen molar-refractivity contribution in [1.82, 2.24) is 30.1 Å². The second kappa shape index (κ2) is 10.3. The van der Waals surface area contributed by atoms with Gasteiger partial charge >= 0.3 is 0 Å². The average molecular weight is 498 g/mol. The third kappa shape index (κ3) is 4.48. The van der Waals surface area contributed by atoms with Gasteiger partial charge in [0.25, 0.3) is 0 Å². The van der Waals surface area contributed by atoms with E-state index in [1.165, 1.54) is 22.2 Å². The zero-order chi connectivity index (χ0) is 21.5. The molecule has 178 valence electrons. The highest BCUT2D eigenvalue weighted by atomic mass is 35.5. The first kappa shape index (κ1) is 24.4. The van der Waals surface area contributed by atoms with Crippen molar-refractivity contribution in [1.29, 1.82) is 0 Å². The highest BCUT2D eigenvalue weighted by Gasteiger charge is 2.22. The zero-order valence-electron chi connectivity index (χ0n) is 19.2. The van der Waals surface area contributed by atoms with Crippen LogP contribution in [0.3, 0.4) is 0 Å². The second-order valence-corrected chi connectivity index (χ2v) is 8.80. The summed E-state index contributed by atoms with van der Waals surface area (Å²) in [4.78, 5) is 9.81. The maximum absolute atomic E-state index is 4.70. The van der Waals surface area contributed by atoms with Gasteiger partial charge in [0.15, 0.2) is 5.82 Å². The topological polar surface area (TPSA) is 63.0 Å². The van der Waals surface area contributed by atoms with Gasteiger partial charge in [-0.15, -0.1) is 29.9 Å². The third-order valence-electron chi connectivity index (χ3n) is 6.87. The number of hydrogen-bond donors (Lipinski definition) is 0. The van der Waals surface area contributed by atoms with E-state index in [2.05, 4.69) is 80.8 Å². The highest BCUT2D eigenvalue weighted by molar-refractivity contribution is 5.92. The molecule has 6 rings (SSSR count). The molecule has 2 aliphatic rings. The van der Waals surface area contributed by atoms with E-state index in [-0.39, 0.29) is 24.8 Å². The van der Waals surface area contributed by atoms with Crippen LogP contribution in [0.15, 0.2) is 48.5 Å². The Bertz CT molecular complexity index is 1280. The van der Waals surface area contributed by atoms with Crippen LogP contribution >= 0.6 is 24.8 Å². The minimum absolute atomic E-state index is 0. The summed E-state index contributed by atoms with van der Waals surface area (Å²) < 4.78 is 1.90. The maximum atomic E-state index is 4.70. The molecule has 4 aromatic rings. The lowest BCUT2D eigenvalue weighted by Gasteiger charge is -2.36. The predicted molar refractivity (Wildman–Crippen MR) is 140 cm³/mol. The molecule has 0 radical (unpaired) electrons. The van der Waals surface area contributed by atoms with Gasteiger partial charge < -0.3 is 4.90 Å². The number of rotatable bonds is 4. The molecule has 9 heteroatoms. The Balaban J connectivity index is 0.00000137. The number of anilines is 1. The molecular formula is C25H29Cl2N7. The SMILES string of the molecule is Cc1ccc2c(N3CCN(CCc4cccc5c4CCc4nnnn4-5)CC3)cccc2n1.Cl.Cl. The first-order valence-electron chi connectivity index (χ1n) is 11.5. The minimum Gasteiger partial charge on any atom is -0.368 e. The summed E-state index contributed by atoms with van der Waals surface area (Å²) >= 11 is 0. The van der Waals surface area contributed by atoms with E-state index < -0.39 is 0 Å². The number of aryl methyl sites for hydroxylation is 2. The van der Waals surface area contributed by atoms with Crippen molar-refractivity contribution in [2.75, 3.05) is 37.6 Å². The molecule has 2 aromatic heterocycles. The summed E-state index contributed by atoms with van der Waals surface area (Å²) in [6.45, 7) is 7.41. The first-order valence-corrected chi connectivity index (χ1v) is 11.5. The number of fused-ring (bicyclic) bond motifs is 4. The second-order valence-electron chi connectivity index (χ2n) is 8.80. The van der Waals surface area contributed by atoms with Crippen LogP contribution in [0, 0.1) is 6.92 Å². The van der Waals surface area contributed by atoms with E-state index in [1.54, 1.807) is 0 Å². The lowest BCUT2D eigenvalue weighted by Crippen LogP contribution is -2.47. The van der Waals surface area contributed by atoms with Crippen LogP contribution in [0.5, 0.6) is 0 Å². The van der Waals surface area contributed by atoms with E-state index in [0.717, 1.165) is 74.7 Å². The fourth-order valence-electron chi connectivity index (χ4n) is 5.14. The van der Waals surface area contributed by atoms with E-state index in [0.29, 0.717) is 0 Å². The van der Waals surface area contributed by atoms with Gasteiger partial charge in [0.05, 0.1) is 11.2 Å². The van der Waals surface area contributed by atoms with Gasteiger partial charge in [-0.1, -0.05) is 18.2 Å².